The van der Waals surface area contributed by atoms with Crippen LogP contribution in [0.2, 0.25) is 0 Å². The highest BCUT2D eigenvalue weighted by Gasteiger charge is 2.23. The molecule has 0 radical (unpaired) electrons. The number of fused-ring (bicyclic) bond motifs is 1. The van der Waals surface area contributed by atoms with Gasteiger partial charge in [-0.3, -0.25) is 9.59 Å². The minimum Gasteiger partial charge on any atom is -0.481 e. The van der Waals surface area contributed by atoms with Crippen LogP contribution in [0.15, 0.2) is 21.1 Å². The Morgan fingerprint density at radius 1 is 1.23 bits per heavy atom. The molecule has 0 fully saturated rings. The molecule has 3 aromatic rings. The summed E-state index contributed by atoms with van der Waals surface area (Å²) in [4.78, 5) is 29.5. The maximum Gasteiger partial charge on any atom is 0.305 e. The Labute approximate surface area is 149 Å². The van der Waals surface area contributed by atoms with Gasteiger partial charge in [0, 0.05) is 19.2 Å². The number of carbonyl (C=O) groups excluding carboxylic acids is 1. The quantitative estimate of drug-likeness (QED) is 0.747. The minimum absolute atomic E-state index is 0.0987. The van der Waals surface area contributed by atoms with E-state index >= 15 is 0 Å². The fourth-order valence-corrected chi connectivity index (χ4v) is 2.86. The smallest absolute Gasteiger partial charge is 0.305 e. The number of furan rings is 1. The monoisotopic (exact) mass is 357 g/mol. The van der Waals surface area contributed by atoms with E-state index in [4.69, 9.17) is 14.0 Å². The van der Waals surface area contributed by atoms with E-state index in [2.05, 4.69) is 10.1 Å². The van der Waals surface area contributed by atoms with E-state index in [0.29, 0.717) is 28.1 Å². The number of carboxylic acid groups (broad SMARTS) is 1. The Kier molecular flexibility index (Phi) is 4.50. The summed E-state index contributed by atoms with van der Waals surface area (Å²) in [6, 6.07) is 3.51. The van der Waals surface area contributed by atoms with E-state index in [1.807, 2.05) is 19.9 Å². The Balaban J connectivity index is 2.11. The van der Waals surface area contributed by atoms with Crippen LogP contribution in [-0.2, 0) is 4.79 Å². The van der Waals surface area contributed by atoms with E-state index in [0.717, 1.165) is 11.3 Å². The third-order valence-corrected chi connectivity index (χ3v) is 4.17. The van der Waals surface area contributed by atoms with Crippen molar-refractivity contribution in [1.29, 1.82) is 0 Å². The highest BCUT2D eigenvalue weighted by molar-refractivity contribution is 6.07. The van der Waals surface area contributed by atoms with Crippen molar-refractivity contribution in [2.45, 2.75) is 27.2 Å². The van der Waals surface area contributed by atoms with Crippen molar-refractivity contribution < 1.29 is 23.6 Å². The molecule has 1 N–H and O–H groups in total. The Morgan fingerprint density at radius 2 is 1.96 bits per heavy atom. The molecule has 136 valence electrons. The van der Waals surface area contributed by atoms with Crippen molar-refractivity contribution in [3.8, 4) is 11.3 Å². The zero-order valence-corrected chi connectivity index (χ0v) is 15.0. The predicted octanol–water partition coefficient (Wildman–Crippen LogP) is 2.95. The molecule has 8 heteroatoms. The average molecular weight is 357 g/mol. The summed E-state index contributed by atoms with van der Waals surface area (Å²) in [6.07, 6.45) is -0.133. The summed E-state index contributed by atoms with van der Waals surface area (Å²) < 4.78 is 10.8. The molecule has 0 atom stereocenters. The van der Waals surface area contributed by atoms with Crippen molar-refractivity contribution in [3.05, 3.63) is 34.9 Å². The first-order valence-corrected chi connectivity index (χ1v) is 8.09. The van der Waals surface area contributed by atoms with E-state index in [-0.39, 0.29) is 24.6 Å². The number of nitrogens with zero attached hydrogens (tertiary/aromatic N) is 3. The molecule has 0 aliphatic rings. The number of pyridine rings is 1. The molecule has 3 heterocycles. The first-order valence-electron chi connectivity index (χ1n) is 8.09. The number of hydrogen-bond acceptors (Lipinski definition) is 6. The lowest BCUT2D eigenvalue weighted by Gasteiger charge is -2.17. The van der Waals surface area contributed by atoms with Gasteiger partial charge in [0.2, 0.25) is 0 Å². The summed E-state index contributed by atoms with van der Waals surface area (Å²) in [7, 11) is 1.56. The Morgan fingerprint density at radius 3 is 2.58 bits per heavy atom. The lowest BCUT2D eigenvalue weighted by molar-refractivity contribution is -0.137. The number of aliphatic carboxylic acids is 1. The second-order valence-corrected chi connectivity index (χ2v) is 6.20. The van der Waals surface area contributed by atoms with Crippen LogP contribution in [0.25, 0.3) is 22.4 Å². The highest BCUT2D eigenvalue weighted by Crippen LogP contribution is 2.30. The first-order chi connectivity index (χ1) is 12.3. The normalized spacial score (nSPS) is 11.1. The van der Waals surface area contributed by atoms with Crippen LogP contribution in [0, 0.1) is 20.8 Å². The molecule has 1 amide bonds. The molecular formula is C18H19N3O5. The largest absolute Gasteiger partial charge is 0.481 e. The third kappa shape index (κ3) is 3.17. The van der Waals surface area contributed by atoms with Crippen LogP contribution in [0.1, 0.15) is 34.0 Å². The van der Waals surface area contributed by atoms with Gasteiger partial charge in [0.05, 0.1) is 28.8 Å². The molecule has 3 rings (SSSR count). The fourth-order valence-electron chi connectivity index (χ4n) is 2.86. The Bertz CT molecular complexity index is 1000. The molecule has 0 spiro atoms. The van der Waals surface area contributed by atoms with Gasteiger partial charge in [-0.2, -0.15) is 0 Å². The van der Waals surface area contributed by atoms with Gasteiger partial charge in [0.1, 0.15) is 11.5 Å². The van der Waals surface area contributed by atoms with Crippen molar-refractivity contribution in [3.63, 3.8) is 0 Å². The molecule has 0 aliphatic heterocycles. The molecule has 0 saturated carbocycles. The van der Waals surface area contributed by atoms with Gasteiger partial charge in [-0.05, 0) is 32.9 Å². The second-order valence-electron chi connectivity index (χ2n) is 6.20. The van der Waals surface area contributed by atoms with Crippen molar-refractivity contribution in [2.75, 3.05) is 13.6 Å². The molecule has 0 unspecified atom stereocenters. The zero-order valence-electron chi connectivity index (χ0n) is 15.0. The summed E-state index contributed by atoms with van der Waals surface area (Å²) in [5, 5.41) is 13.3. The molecular weight excluding hydrogens is 338 g/mol. The van der Waals surface area contributed by atoms with Gasteiger partial charge in [-0.15, -0.1) is 0 Å². The summed E-state index contributed by atoms with van der Waals surface area (Å²) in [5.74, 6) is 0.141. The average Bonchev–Trinajstić information content (AvgIpc) is 3.13. The first kappa shape index (κ1) is 17.7. The SMILES string of the molecule is Cc1cc(-c2cc(C(=O)N(C)CCC(=O)O)c3c(C)noc3n2)c(C)o1. The molecule has 0 saturated heterocycles. The lowest BCUT2D eigenvalue weighted by Crippen LogP contribution is -2.29. The van der Waals surface area contributed by atoms with Gasteiger partial charge in [0.15, 0.2) is 0 Å². The number of carboxylic acids is 1. The van der Waals surface area contributed by atoms with Crippen molar-refractivity contribution in [2.24, 2.45) is 0 Å². The van der Waals surface area contributed by atoms with Gasteiger partial charge in [0.25, 0.3) is 11.6 Å². The van der Waals surface area contributed by atoms with Crippen LogP contribution in [0.4, 0.5) is 0 Å². The standard InChI is InChI=1S/C18H19N3O5/c1-9-7-12(11(3)25-9)14-8-13(16-10(2)20-26-17(16)19-14)18(24)21(4)6-5-15(22)23/h7-8H,5-6H2,1-4H3,(H,22,23). The van der Waals surface area contributed by atoms with E-state index in [1.54, 1.807) is 20.0 Å². The van der Waals surface area contributed by atoms with Crippen molar-refractivity contribution in [1.82, 2.24) is 15.0 Å². The summed E-state index contributed by atoms with van der Waals surface area (Å²) in [6.45, 7) is 5.48. The number of amides is 1. The van der Waals surface area contributed by atoms with Gasteiger partial charge >= 0.3 is 5.97 Å². The number of aromatic nitrogens is 2. The number of carbonyl (C=O) groups is 2. The highest BCUT2D eigenvalue weighted by atomic mass is 16.5. The van der Waals surface area contributed by atoms with Crippen molar-refractivity contribution >= 4 is 23.0 Å². The van der Waals surface area contributed by atoms with Crippen LogP contribution < -0.4 is 0 Å². The Hall–Kier alpha value is -3.16. The maximum absolute atomic E-state index is 12.9. The van der Waals surface area contributed by atoms with Gasteiger partial charge in [-0.1, -0.05) is 5.16 Å². The molecule has 0 aliphatic carbocycles. The molecule has 8 nitrogen and oxygen atoms in total. The van der Waals surface area contributed by atoms with E-state index in [9.17, 15) is 9.59 Å². The molecule has 0 aromatic carbocycles. The molecule has 0 bridgehead atoms. The topological polar surface area (TPSA) is 110 Å². The number of hydrogen-bond donors (Lipinski definition) is 1. The van der Waals surface area contributed by atoms with Gasteiger partial charge in [-0.25, -0.2) is 4.98 Å². The van der Waals surface area contributed by atoms with Crippen LogP contribution in [-0.4, -0.2) is 45.6 Å². The summed E-state index contributed by atoms with van der Waals surface area (Å²) in [5.41, 5.74) is 2.48. The number of aryl methyl sites for hydroxylation is 3. The number of rotatable bonds is 5. The second kappa shape index (κ2) is 6.62. The summed E-state index contributed by atoms with van der Waals surface area (Å²) >= 11 is 0. The van der Waals surface area contributed by atoms with Crippen LogP contribution in [0.3, 0.4) is 0 Å². The zero-order chi connectivity index (χ0) is 19.0. The third-order valence-electron chi connectivity index (χ3n) is 4.17. The van der Waals surface area contributed by atoms with E-state index in [1.165, 1.54) is 4.90 Å². The molecule has 26 heavy (non-hydrogen) atoms. The predicted molar refractivity (Wildman–Crippen MR) is 92.9 cm³/mol. The van der Waals surface area contributed by atoms with Crippen LogP contribution in [0.5, 0.6) is 0 Å². The maximum atomic E-state index is 12.9. The fraction of sp³-hybridized carbons (Fsp3) is 0.333. The van der Waals surface area contributed by atoms with Gasteiger partial charge < -0.3 is 18.9 Å². The van der Waals surface area contributed by atoms with Crippen LogP contribution >= 0.6 is 0 Å². The minimum atomic E-state index is -0.962. The van der Waals surface area contributed by atoms with E-state index < -0.39 is 5.97 Å². The molecule has 3 aromatic heterocycles. The lowest BCUT2D eigenvalue weighted by atomic mass is 10.0.